The number of carbonyl (C=O) groups is 2. The molecule has 1 N–H and O–H groups in total. The molecule has 1 aromatic carbocycles. The molecule has 2 aliphatic rings. The summed E-state index contributed by atoms with van der Waals surface area (Å²) in [5.41, 5.74) is 2.14. The molecule has 1 aromatic rings. The standard InChI is InChI=1S/C19H25N3O4S/c1-3-13(2)14-4-6-15(7-5-14)20-19(24)17-8-9-18(23)22(21-17)16-10-11-27(25,26)12-16/h4-7,13,16H,3,8-12H2,1-2H3,(H,20,24). The van der Waals surface area contributed by atoms with Gasteiger partial charge in [0.25, 0.3) is 5.91 Å². The molecule has 2 unspecified atom stereocenters. The van der Waals surface area contributed by atoms with Crippen LogP contribution in [0.4, 0.5) is 5.69 Å². The van der Waals surface area contributed by atoms with Gasteiger partial charge in [-0.3, -0.25) is 9.59 Å². The van der Waals surface area contributed by atoms with Gasteiger partial charge in [-0.2, -0.15) is 5.10 Å². The fraction of sp³-hybridized carbons (Fsp3) is 0.526. The third kappa shape index (κ3) is 4.55. The van der Waals surface area contributed by atoms with E-state index in [-0.39, 0.29) is 41.9 Å². The first-order chi connectivity index (χ1) is 12.8. The lowest BCUT2D eigenvalue weighted by Gasteiger charge is -2.27. The Hall–Kier alpha value is -2.22. The second-order valence-corrected chi connectivity index (χ2v) is 9.46. The highest BCUT2D eigenvalue weighted by molar-refractivity contribution is 7.91. The molecule has 2 heterocycles. The smallest absolute Gasteiger partial charge is 0.271 e. The number of nitrogens with one attached hydrogen (secondary N) is 1. The van der Waals surface area contributed by atoms with E-state index in [0.717, 1.165) is 6.42 Å². The van der Waals surface area contributed by atoms with Crippen molar-refractivity contribution in [2.75, 3.05) is 16.8 Å². The molecule has 1 saturated heterocycles. The van der Waals surface area contributed by atoms with Gasteiger partial charge in [-0.15, -0.1) is 0 Å². The largest absolute Gasteiger partial charge is 0.321 e. The highest BCUT2D eigenvalue weighted by atomic mass is 32.2. The monoisotopic (exact) mass is 391 g/mol. The Balaban J connectivity index is 1.70. The van der Waals surface area contributed by atoms with Crippen molar-refractivity contribution in [1.29, 1.82) is 0 Å². The van der Waals surface area contributed by atoms with E-state index in [1.807, 2.05) is 24.3 Å². The van der Waals surface area contributed by atoms with Crippen LogP contribution in [0, 0.1) is 0 Å². The summed E-state index contributed by atoms with van der Waals surface area (Å²) >= 11 is 0. The molecule has 2 aliphatic heterocycles. The molecular weight excluding hydrogens is 366 g/mol. The summed E-state index contributed by atoms with van der Waals surface area (Å²) in [7, 11) is -3.13. The van der Waals surface area contributed by atoms with Gasteiger partial charge in [0.05, 0.1) is 17.5 Å². The highest BCUT2D eigenvalue weighted by Crippen LogP contribution is 2.23. The van der Waals surface area contributed by atoms with Gasteiger partial charge in [-0.1, -0.05) is 26.0 Å². The van der Waals surface area contributed by atoms with Crippen molar-refractivity contribution in [3.63, 3.8) is 0 Å². The van der Waals surface area contributed by atoms with Gasteiger partial charge in [-0.25, -0.2) is 13.4 Å². The van der Waals surface area contributed by atoms with E-state index in [1.165, 1.54) is 10.6 Å². The number of anilines is 1. The lowest BCUT2D eigenvalue weighted by atomic mass is 9.98. The first-order valence-electron chi connectivity index (χ1n) is 9.30. The van der Waals surface area contributed by atoms with Gasteiger partial charge in [0, 0.05) is 18.5 Å². The molecule has 0 radical (unpaired) electrons. The lowest BCUT2D eigenvalue weighted by Crippen LogP contribution is -2.42. The van der Waals surface area contributed by atoms with Crippen LogP contribution < -0.4 is 5.32 Å². The molecular formula is C19H25N3O4S. The van der Waals surface area contributed by atoms with E-state index >= 15 is 0 Å². The number of benzene rings is 1. The topological polar surface area (TPSA) is 95.9 Å². The SMILES string of the molecule is CCC(C)c1ccc(NC(=O)C2=NN(C3CCS(=O)(=O)C3)C(=O)CC2)cc1. The third-order valence-corrected chi connectivity index (χ3v) is 6.98. The summed E-state index contributed by atoms with van der Waals surface area (Å²) < 4.78 is 23.4. The second kappa shape index (κ2) is 7.80. The molecule has 0 bridgehead atoms. The second-order valence-electron chi connectivity index (χ2n) is 7.23. The molecule has 7 nitrogen and oxygen atoms in total. The van der Waals surface area contributed by atoms with E-state index in [0.29, 0.717) is 18.0 Å². The van der Waals surface area contributed by atoms with E-state index < -0.39 is 15.9 Å². The van der Waals surface area contributed by atoms with Crippen LogP contribution in [-0.4, -0.2) is 48.5 Å². The molecule has 27 heavy (non-hydrogen) atoms. The predicted molar refractivity (Wildman–Crippen MR) is 104 cm³/mol. The van der Waals surface area contributed by atoms with Crippen molar-refractivity contribution in [2.45, 2.75) is 51.5 Å². The summed E-state index contributed by atoms with van der Waals surface area (Å²) in [4.78, 5) is 24.7. The minimum atomic E-state index is -3.13. The van der Waals surface area contributed by atoms with Gasteiger partial charge in [0.1, 0.15) is 5.71 Å². The van der Waals surface area contributed by atoms with Crippen molar-refractivity contribution in [3.8, 4) is 0 Å². The van der Waals surface area contributed by atoms with Crippen LogP contribution in [0.5, 0.6) is 0 Å². The molecule has 2 atom stereocenters. The minimum absolute atomic E-state index is 0.0566. The fourth-order valence-electron chi connectivity index (χ4n) is 3.32. The maximum absolute atomic E-state index is 12.5. The average Bonchev–Trinajstić information content (AvgIpc) is 3.01. The van der Waals surface area contributed by atoms with E-state index in [1.54, 1.807) is 0 Å². The van der Waals surface area contributed by atoms with Crippen LogP contribution in [0.2, 0.25) is 0 Å². The lowest BCUT2D eigenvalue weighted by molar-refractivity contribution is -0.133. The van der Waals surface area contributed by atoms with Crippen LogP contribution in [-0.2, 0) is 19.4 Å². The number of sulfone groups is 1. The van der Waals surface area contributed by atoms with Crippen LogP contribution in [0.15, 0.2) is 29.4 Å². The van der Waals surface area contributed by atoms with Crippen LogP contribution in [0.3, 0.4) is 0 Å². The van der Waals surface area contributed by atoms with Gasteiger partial charge in [0.2, 0.25) is 5.91 Å². The number of hydrogen-bond acceptors (Lipinski definition) is 5. The van der Waals surface area contributed by atoms with Crippen LogP contribution in [0.1, 0.15) is 51.0 Å². The number of hydrogen-bond donors (Lipinski definition) is 1. The summed E-state index contributed by atoms with van der Waals surface area (Å²) in [6.07, 6.45) is 1.83. The normalized spacial score (nSPS) is 23.0. The highest BCUT2D eigenvalue weighted by Gasteiger charge is 2.37. The first kappa shape index (κ1) is 19.5. The molecule has 0 aliphatic carbocycles. The van der Waals surface area contributed by atoms with Crippen LogP contribution in [0.25, 0.3) is 0 Å². The first-order valence-corrected chi connectivity index (χ1v) is 11.1. The maximum atomic E-state index is 12.5. The van der Waals surface area contributed by atoms with E-state index in [2.05, 4.69) is 24.3 Å². The Morgan fingerprint density at radius 1 is 1.30 bits per heavy atom. The summed E-state index contributed by atoms with van der Waals surface area (Å²) in [5, 5.41) is 8.20. The number of rotatable bonds is 5. The minimum Gasteiger partial charge on any atom is -0.321 e. The molecule has 0 spiro atoms. The summed E-state index contributed by atoms with van der Waals surface area (Å²) in [5.74, 6) is -0.161. The van der Waals surface area contributed by atoms with Gasteiger partial charge >= 0.3 is 0 Å². The van der Waals surface area contributed by atoms with E-state index in [4.69, 9.17) is 0 Å². The Morgan fingerprint density at radius 2 is 2.00 bits per heavy atom. The summed E-state index contributed by atoms with van der Waals surface area (Å²) in [6, 6.07) is 7.22. The quantitative estimate of drug-likeness (QED) is 0.833. The molecule has 0 saturated carbocycles. The molecule has 146 valence electrons. The summed E-state index contributed by atoms with van der Waals surface area (Å²) in [6.45, 7) is 4.28. The van der Waals surface area contributed by atoms with E-state index in [9.17, 15) is 18.0 Å². The predicted octanol–water partition coefficient (Wildman–Crippen LogP) is 2.30. The zero-order valence-corrected chi connectivity index (χ0v) is 16.5. The Kier molecular flexibility index (Phi) is 5.64. The van der Waals surface area contributed by atoms with Gasteiger partial charge in [-0.05, 0) is 36.5 Å². The van der Waals surface area contributed by atoms with Crippen molar-refractivity contribution in [3.05, 3.63) is 29.8 Å². The number of amides is 2. The Bertz CT molecular complexity index is 861. The molecule has 3 rings (SSSR count). The zero-order chi connectivity index (χ0) is 19.6. The van der Waals surface area contributed by atoms with Gasteiger partial charge < -0.3 is 5.32 Å². The van der Waals surface area contributed by atoms with Gasteiger partial charge in [0.15, 0.2) is 9.84 Å². The van der Waals surface area contributed by atoms with Crippen molar-refractivity contribution in [2.24, 2.45) is 5.10 Å². The fourth-order valence-corrected chi connectivity index (χ4v) is 5.01. The third-order valence-electron chi connectivity index (χ3n) is 5.23. The molecule has 2 amide bonds. The van der Waals surface area contributed by atoms with Crippen molar-refractivity contribution < 1.29 is 18.0 Å². The Labute approximate surface area is 159 Å². The average molecular weight is 391 g/mol. The number of nitrogens with zero attached hydrogens (tertiary/aromatic N) is 2. The maximum Gasteiger partial charge on any atom is 0.271 e. The molecule has 0 aromatic heterocycles. The number of hydrazone groups is 1. The Morgan fingerprint density at radius 3 is 2.59 bits per heavy atom. The number of carbonyl (C=O) groups excluding carboxylic acids is 2. The zero-order valence-electron chi connectivity index (χ0n) is 15.6. The molecule has 1 fully saturated rings. The molecule has 8 heteroatoms. The van der Waals surface area contributed by atoms with Crippen molar-refractivity contribution in [1.82, 2.24) is 5.01 Å². The van der Waals surface area contributed by atoms with Crippen LogP contribution >= 0.6 is 0 Å². The van der Waals surface area contributed by atoms with Crippen molar-refractivity contribution >= 4 is 33.1 Å².